The predicted octanol–water partition coefficient (Wildman–Crippen LogP) is 1.64. The molecule has 1 aromatic rings. The summed E-state index contributed by atoms with van der Waals surface area (Å²) < 4.78 is 10.4. The third kappa shape index (κ3) is 4.28. The average molecular weight is 265 g/mol. The maximum atomic E-state index is 11.7. The molecule has 0 heterocycles. The first kappa shape index (κ1) is 15.0. The fourth-order valence-corrected chi connectivity index (χ4v) is 1.70. The van der Waals surface area contributed by atoms with Gasteiger partial charge in [0.2, 0.25) is 5.91 Å². The molecule has 1 rings (SSSR count). The molecular formula is C14H19NO4. The number of ketones is 1. The number of hydrogen-bond acceptors (Lipinski definition) is 4. The van der Waals surface area contributed by atoms with Crippen LogP contribution in [-0.2, 0) is 16.1 Å². The first-order valence-corrected chi connectivity index (χ1v) is 5.92. The first-order chi connectivity index (χ1) is 8.97. The standard InChI is InChI=1S/C14H19NO4/c1-10(16)7-14(17)15(2)9-11-8-12(18-3)5-6-13(11)19-4/h5-6,8H,7,9H2,1-4H3. The zero-order valence-electron chi connectivity index (χ0n) is 11.7. The number of benzene rings is 1. The fraction of sp³-hybridized carbons (Fsp3) is 0.429. The molecule has 0 saturated carbocycles. The second-order valence-electron chi connectivity index (χ2n) is 4.31. The van der Waals surface area contributed by atoms with Crippen LogP contribution in [0.2, 0.25) is 0 Å². The van der Waals surface area contributed by atoms with E-state index in [0.717, 1.165) is 5.56 Å². The van der Waals surface area contributed by atoms with Crippen molar-refractivity contribution in [1.82, 2.24) is 4.90 Å². The molecule has 0 atom stereocenters. The highest BCUT2D eigenvalue weighted by Crippen LogP contribution is 2.25. The third-order valence-electron chi connectivity index (χ3n) is 2.72. The van der Waals surface area contributed by atoms with Gasteiger partial charge >= 0.3 is 0 Å². The van der Waals surface area contributed by atoms with E-state index in [1.54, 1.807) is 33.4 Å². The lowest BCUT2D eigenvalue weighted by Crippen LogP contribution is -2.27. The monoisotopic (exact) mass is 265 g/mol. The van der Waals surface area contributed by atoms with E-state index in [-0.39, 0.29) is 18.1 Å². The van der Waals surface area contributed by atoms with Crippen LogP contribution in [-0.4, -0.2) is 37.9 Å². The molecule has 0 unspecified atom stereocenters. The molecule has 5 heteroatoms. The molecule has 0 saturated heterocycles. The number of carbonyl (C=O) groups excluding carboxylic acids is 2. The number of carbonyl (C=O) groups is 2. The minimum atomic E-state index is -0.211. The number of ether oxygens (including phenoxy) is 2. The number of hydrogen-bond donors (Lipinski definition) is 0. The Labute approximate surface area is 113 Å². The molecule has 0 spiro atoms. The van der Waals surface area contributed by atoms with E-state index in [1.165, 1.54) is 11.8 Å². The minimum Gasteiger partial charge on any atom is -0.497 e. The van der Waals surface area contributed by atoms with E-state index in [1.807, 2.05) is 6.07 Å². The number of Topliss-reactive ketones (excluding diaryl/α,β-unsaturated/α-hetero) is 1. The molecule has 0 N–H and O–H groups in total. The summed E-state index contributed by atoms with van der Waals surface area (Å²) in [6.45, 7) is 1.77. The van der Waals surface area contributed by atoms with Crippen LogP contribution >= 0.6 is 0 Å². The third-order valence-corrected chi connectivity index (χ3v) is 2.72. The Kier molecular flexibility index (Phi) is 5.36. The predicted molar refractivity (Wildman–Crippen MR) is 71.3 cm³/mol. The zero-order chi connectivity index (χ0) is 14.4. The van der Waals surface area contributed by atoms with E-state index in [2.05, 4.69) is 0 Å². The number of amides is 1. The molecule has 0 aliphatic heterocycles. The van der Waals surface area contributed by atoms with Crippen LogP contribution < -0.4 is 9.47 Å². The minimum absolute atomic E-state index is 0.0806. The Balaban J connectivity index is 2.85. The van der Waals surface area contributed by atoms with Crippen molar-refractivity contribution >= 4 is 11.7 Å². The van der Waals surface area contributed by atoms with Crippen LogP contribution in [0.25, 0.3) is 0 Å². The lowest BCUT2D eigenvalue weighted by atomic mass is 10.1. The summed E-state index contributed by atoms with van der Waals surface area (Å²) in [6.07, 6.45) is -0.0806. The molecule has 1 amide bonds. The van der Waals surface area contributed by atoms with Gasteiger partial charge in [-0.25, -0.2) is 0 Å². The van der Waals surface area contributed by atoms with Gasteiger partial charge in [-0.3, -0.25) is 9.59 Å². The fourth-order valence-electron chi connectivity index (χ4n) is 1.70. The Morgan fingerprint density at radius 2 is 1.89 bits per heavy atom. The highest BCUT2D eigenvalue weighted by molar-refractivity contribution is 5.96. The van der Waals surface area contributed by atoms with E-state index < -0.39 is 0 Å². The van der Waals surface area contributed by atoms with E-state index >= 15 is 0 Å². The molecule has 0 bridgehead atoms. The molecule has 0 fully saturated rings. The van der Waals surface area contributed by atoms with Crippen molar-refractivity contribution in [3.8, 4) is 11.5 Å². The SMILES string of the molecule is COc1ccc(OC)c(CN(C)C(=O)CC(C)=O)c1. The number of nitrogens with zero attached hydrogens (tertiary/aromatic N) is 1. The van der Waals surface area contributed by atoms with Gasteiger partial charge in [-0.1, -0.05) is 0 Å². The number of rotatable bonds is 6. The highest BCUT2D eigenvalue weighted by atomic mass is 16.5. The molecule has 19 heavy (non-hydrogen) atoms. The van der Waals surface area contributed by atoms with Crippen molar-refractivity contribution in [3.05, 3.63) is 23.8 Å². The van der Waals surface area contributed by atoms with Gasteiger partial charge in [0.1, 0.15) is 17.3 Å². The molecular weight excluding hydrogens is 246 g/mol. The topological polar surface area (TPSA) is 55.8 Å². The van der Waals surface area contributed by atoms with Crippen molar-refractivity contribution in [2.24, 2.45) is 0 Å². The summed E-state index contributed by atoms with van der Waals surface area (Å²) in [5.41, 5.74) is 0.834. The first-order valence-electron chi connectivity index (χ1n) is 5.92. The lowest BCUT2D eigenvalue weighted by molar-refractivity contribution is -0.134. The summed E-state index contributed by atoms with van der Waals surface area (Å²) >= 11 is 0. The average Bonchev–Trinajstić information content (AvgIpc) is 2.37. The van der Waals surface area contributed by atoms with Crippen molar-refractivity contribution < 1.29 is 19.1 Å². The summed E-state index contributed by atoms with van der Waals surface area (Å²) in [6, 6.07) is 5.40. The van der Waals surface area contributed by atoms with Gasteiger partial charge in [0, 0.05) is 19.2 Å². The Morgan fingerprint density at radius 3 is 2.42 bits per heavy atom. The summed E-state index contributed by atoms with van der Waals surface area (Å²) in [5, 5.41) is 0. The van der Waals surface area contributed by atoms with Crippen LogP contribution in [0.4, 0.5) is 0 Å². The van der Waals surface area contributed by atoms with E-state index in [9.17, 15) is 9.59 Å². The molecule has 0 aromatic heterocycles. The highest BCUT2D eigenvalue weighted by Gasteiger charge is 2.14. The second kappa shape index (κ2) is 6.78. The largest absolute Gasteiger partial charge is 0.497 e. The van der Waals surface area contributed by atoms with Gasteiger partial charge in [0.05, 0.1) is 20.6 Å². The van der Waals surface area contributed by atoms with Gasteiger partial charge in [0.25, 0.3) is 0 Å². The van der Waals surface area contributed by atoms with Gasteiger partial charge < -0.3 is 14.4 Å². The van der Waals surface area contributed by atoms with E-state index in [0.29, 0.717) is 18.0 Å². The molecule has 104 valence electrons. The van der Waals surface area contributed by atoms with Crippen molar-refractivity contribution in [2.75, 3.05) is 21.3 Å². The Hall–Kier alpha value is -2.04. The molecule has 0 radical (unpaired) electrons. The molecule has 5 nitrogen and oxygen atoms in total. The molecule has 0 aliphatic carbocycles. The van der Waals surface area contributed by atoms with Crippen LogP contribution in [0.5, 0.6) is 11.5 Å². The smallest absolute Gasteiger partial charge is 0.230 e. The lowest BCUT2D eigenvalue weighted by Gasteiger charge is -2.19. The summed E-state index contributed by atoms with van der Waals surface area (Å²) in [4.78, 5) is 24.2. The van der Waals surface area contributed by atoms with E-state index in [4.69, 9.17) is 9.47 Å². The summed E-state index contributed by atoms with van der Waals surface area (Å²) in [5.74, 6) is 1.03. The maximum absolute atomic E-state index is 11.7. The molecule has 0 aliphatic rings. The van der Waals surface area contributed by atoms with Crippen molar-refractivity contribution in [2.45, 2.75) is 19.9 Å². The normalized spacial score (nSPS) is 9.89. The Bertz CT molecular complexity index is 471. The maximum Gasteiger partial charge on any atom is 0.230 e. The summed E-state index contributed by atoms with van der Waals surface area (Å²) in [7, 11) is 4.81. The van der Waals surface area contributed by atoms with Crippen LogP contribution in [0.15, 0.2) is 18.2 Å². The quantitative estimate of drug-likeness (QED) is 0.734. The zero-order valence-corrected chi connectivity index (χ0v) is 11.7. The Morgan fingerprint density at radius 1 is 1.21 bits per heavy atom. The number of methoxy groups -OCH3 is 2. The van der Waals surface area contributed by atoms with Crippen LogP contribution in [0.3, 0.4) is 0 Å². The van der Waals surface area contributed by atoms with Crippen LogP contribution in [0.1, 0.15) is 18.9 Å². The second-order valence-corrected chi connectivity index (χ2v) is 4.31. The molecule has 1 aromatic carbocycles. The van der Waals surface area contributed by atoms with Crippen LogP contribution in [0, 0.1) is 0 Å². The van der Waals surface area contributed by atoms with Gasteiger partial charge in [-0.2, -0.15) is 0 Å². The van der Waals surface area contributed by atoms with Gasteiger partial charge in [-0.15, -0.1) is 0 Å². The van der Waals surface area contributed by atoms with Crippen molar-refractivity contribution in [3.63, 3.8) is 0 Å². The van der Waals surface area contributed by atoms with Crippen molar-refractivity contribution in [1.29, 1.82) is 0 Å². The van der Waals surface area contributed by atoms with Gasteiger partial charge in [0.15, 0.2) is 0 Å². The van der Waals surface area contributed by atoms with Gasteiger partial charge in [-0.05, 0) is 25.1 Å².